The number of likely N-dealkylation sites (tertiary alicyclic amines) is 1. The maximum absolute atomic E-state index is 12.9. The molecule has 164 valence electrons. The number of hydrogen-bond acceptors (Lipinski definition) is 5. The molecule has 5 aliphatic rings. The van der Waals surface area contributed by atoms with Crippen LogP contribution in [0.25, 0.3) is 0 Å². The summed E-state index contributed by atoms with van der Waals surface area (Å²) >= 11 is 0. The predicted molar refractivity (Wildman–Crippen MR) is 112 cm³/mol. The van der Waals surface area contributed by atoms with Crippen LogP contribution in [-0.2, 0) is 16.0 Å². The topological polar surface area (TPSA) is 109 Å². The van der Waals surface area contributed by atoms with Crippen molar-refractivity contribution in [2.75, 3.05) is 13.1 Å². The normalized spacial score (nSPS) is 34.4. The average Bonchev–Trinajstić information content (AvgIpc) is 2.76. The van der Waals surface area contributed by atoms with Gasteiger partial charge in [0.15, 0.2) is 0 Å². The lowest BCUT2D eigenvalue weighted by Crippen LogP contribution is -2.59. The second-order valence-electron chi connectivity index (χ2n) is 10.2. The average molecular weight is 423 g/mol. The highest BCUT2D eigenvalue weighted by atomic mass is 16.6. The van der Waals surface area contributed by atoms with Crippen LogP contribution < -0.4 is 5.73 Å². The molecule has 4 aliphatic carbocycles. The highest BCUT2D eigenvalue weighted by molar-refractivity contribution is 5.81. The summed E-state index contributed by atoms with van der Waals surface area (Å²) < 4.78 is 6.06. The Morgan fingerprint density at radius 2 is 1.94 bits per heavy atom. The van der Waals surface area contributed by atoms with Crippen LogP contribution in [-0.4, -0.2) is 41.1 Å². The van der Waals surface area contributed by atoms with Gasteiger partial charge in [0.1, 0.15) is 12.2 Å². The third kappa shape index (κ3) is 3.66. The summed E-state index contributed by atoms with van der Waals surface area (Å²) in [5.74, 6) is 1.36. The Bertz CT molecular complexity index is 902. The summed E-state index contributed by atoms with van der Waals surface area (Å²) in [5.41, 5.74) is 6.90. The number of aromatic nitrogens is 1. The predicted octanol–water partition coefficient (Wildman–Crippen LogP) is 3.02. The molecule has 6 rings (SSSR count). The van der Waals surface area contributed by atoms with Gasteiger partial charge in [-0.25, -0.2) is 4.79 Å². The quantitative estimate of drug-likeness (QED) is 0.802. The molecule has 2 unspecified atom stereocenters. The lowest BCUT2D eigenvalue weighted by Gasteiger charge is -2.58. The molecule has 5 fully saturated rings. The van der Waals surface area contributed by atoms with Crippen molar-refractivity contribution in [3.63, 3.8) is 0 Å². The summed E-state index contributed by atoms with van der Waals surface area (Å²) in [6, 6.07) is 5.81. The maximum atomic E-state index is 12.9. The summed E-state index contributed by atoms with van der Waals surface area (Å²) in [6.07, 6.45) is 8.59. The van der Waals surface area contributed by atoms with Crippen LogP contribution in [0.4, 0.5) is 4.79 Å². The van der Waals surface area contributed by atoms with Crippen molar-refractivity contribution in [2.45, 2.75) is 57.5 Å². The van der Waals surface area contributed by atoms with Gasteiger partial charge in [-0.2, -0.15) is 5.26 Å². The van der Waals surface area contributed by atoms with Crippen LogP contribution in [0.3, 0.4) is 0 Å². The van der Waals surface area contributed by atoms with Gasteiger partial charge in [0.05, 0.1) is 16.7 Å². The maximum Gasteiger partial charge on any atom is 0.410 e. The molecular weight excluding hydrogens is 392 g/mol. The molecule has 7 heteroatoms. The second kappa shape index (κ2) is 7.81. The minimum atomic E-state index is -0.356. The van der Waals surface area contributed by atoms with Crippen LogP contribution in [0.5, 0.6) is 0 Å². The number of carbonyl (C=O) groups excluding carboxylic acids is 2. The first-order valence-electron chi connectivity index (χ1n) is 11.6. The van der Waals surface area contributed by atoms with E-state index in [-0.39, 0.29) is 35.4 Å². The van der Waals surface area contributed by atoms with E-state index in [1.165, 1.54) is 0 Å². The molecule has 7 nitrogen and oxygen atoms in total. The van der Waals surface area contributed by atoms with E-state index < -0.39 is 0 Å². The number of piperidine rings is 1. The Labute approximate surface area is 182 Å². The number of primary amides is 1. The van der Waals surface area contributed by atoms with Gasteiger partial charge in [0.25, 0.3) is 0 Å². The van der Waals surface area contributed by atoms with E-state index in [0.717, 1.165) is 57.1 Å². The molecule has 2 amide bonds. The minimum absolute atomic E-state index is 0.0686. The first-order valence-corrected chi connectivity index (χ1v) is 11.6. The van der Waals surface area contributed by atoms with Crippen molar-refractivity contribution in [3.05, 3.63) is 29.6 Å². The molecule has 31 heavy (non-hydrogen) atoms. The third-order valence-corrected chi connectivity index (χ3v) is 8.31. The van der Waals surface area contributed by atoms with E-state index in [4.69, 9.17) is 10.5 Å². The molecule has 1 saturated heterocycles. The Morgan fingerprint density at radius 3 is 2.58 bits per heavy atom. The fraction of sp³-hybridized carbons (Fsp3) is 0.667. The summed E-state index contributed by atoms with van der Waals surface area (Å²) in [6.45, 7) is 1.35. The van der Waals surface area contributed by atoms with E-state index in [2.05, 4.69) is 11.1 Å². The van der Waals surface area contributed by atoms with Crippen LogP contribution in [0.15, 0.2) is 18.3 Å². The highest BCUT2D eigenvalue weighted by Crippen LogP contribution is 2.60. The molecule has 0 radical (unpaired) electrons. The number of rotatable bonds is 4. The highest BCUT2D eigenvalue weighted by Gasteiger charge is 2.59. The SMILES string of the molecule is N#Cc1cccnc1CC1CCN(C(=O)OC2C3CC4CC2CC(C(N)=O)(C4)C3)CC1. The summed E-state index contributed by atoms with van der Waals surface area (Å²) in [7, 11) is 0. The lowest BCUT2D eigenvalue weighted by atomic mass is 9.48. The van der Waals surface area contributed by atoms with Gasteiger partial charge in [0.2, 0.25) is 5.91 Å². The zero-order valence-corrected chi connectivity index (χ0v) is 17.8. The lowest BCUT2D eigenvalue weighted by molar-refractivity contribution is -0.162. The van der Waals surface area contributed by atoms with Crippen molar-refractivity contribution < 1.29 is 14.3 Å². The van der Waals surface area contributed by atoms with Gasteiger partial charge in [-0.05, 0) is 87.2 Å². The van der Waals surface area contributed by atoms with Gasteiger partial charge in [-0.3, -0.25) is 9.78 Å². The van der Waals surface area contributed by atoms with Crippen LogP contribution in [0.2, 0.25) is 0 Å². The molecule has 2 atom stereocenters. The van der Waals surface area contributed by atoms with Crippen molar-refractivity contribution in [2.24, 2.45) is 34.8 Å². The van der Waals surface area contributed by atoms with E-state index >= 15 is 0 Å². The first-order chi connectivity index (χ1) is 15.0. The van der Waals surface area contributed by atoms with Crippen molar-refractivity contribution in [3.8, 4) is 6.07 Å². The number of nitriles is 1. The second-order valence-corrected chi connectivity index (χ2v) is 10.2. The molecular formula is C24H30N4O3. The number of nitrogens with zero attached hydrogens (tertiary/aromatic N) is 3. The largest absolute Gasteiger partial charge is 0.446 e. The van der Waals surface area contributed by atoms with Crippen molar-refractivity contribution in [1.82, 2.24) is 9.88 Å². The van der Waals surface area contributed by atoms with Crippen molar-refractivity contribution >= 4 is 12.0 Å². The number of carbonyl (C=O) groups is 2. The molecule has 4 saturated carbocycles. The summed E-state index contributed by atoms with van der Waals surface area (Å²) in [4.78, 5) is 31.2. The van der Waals surface area contributed by atoms with Crippen molar-refractivity contribution in [1.29, 1.82) is 5.26 Å². The van der Waals surface area contributed by atoms with E-state index in [0.29, 0.717) is 30.5 Å². The Balaban J connectivity index is 1.16. The molecule has 1 aromatic heterocycles. The third-order valence-electron chi connectivity index (χ3n) is 8.31. The Hall–Kier alpha value is -2.62. The molecule has 2 N–H and O–H groups in total. The summed E-state index contributed by atoms with van der Waals surface area (Å²) in [5, 5.41) is 9.27. The molecule has 4 bridgehead atoms. The fourth-order valence-corrected chi connectivity index (χ4v) is 6.96. The molecule has 0 aromatic carbocycles. The Morgan fingerprint density at radius 1 is 1.23 bits per heavy atom. The zero-order chi connectivity index (χ0) is 21.6. The standard InChI is InChI=1S/C24H30N4O3/c25-14-17-2-1-5-27-20(17)10-15-3-6-28(7-4-15)23(30)31-21-18-8-16-9-19(21)13-24(11-16,12-18)22(26)29/h1-2,5,15-16,18-19,21H,3-4,6-13H2,(H2,26,29). The first kappa shape index (κ1) is 20.3. The van der Waals surface area contributed by atoms with Gasteiger partial charge in [-0.1, -0.05) is 0 Å². The monoisotopic (exact) mass is 422 g/mol. The molecule has 2 heterocycles. The van der Waals surface area contributed by atoms with Gasteiger partial charge < -0.3 is 15.4 Å². The number of hydrogen-bond donors (Lipinski definition) is 1. The number of ether oxygens (including phenoxy) is 1. The molecule has 0 spiro atoms. The van der Waals surface area contributed by atoms with Gasteiger partial charge in [0, 0.05) is 19.3 Å². The van der Waals surface area contributed by atoms with E-state index in [1.54, 1.807) is 12.3 Å². The number of nitrogens with two attached hydrogens (primary N) is 1. The van der Waals surface area contributed by atoms with E-state index in [9.17, 15) is 14.9 Å². The van der Waals surface area contributed by atoms with Crippen LogP contribution >= 0.6 is 0 Å². The molecule has 1 aliphatic heterocycles. The number of pyridine rings is 1. The van der Waals surface area contributed by atoms with E-state index in [1.807, 2.05) is 11.0 Å². The zero-order valence-electron chi connectivity index (χ0n) is 17.8. The minimum Gasteiger partial charge on any atom is -0.446 e. The smallest absolute Gasteiger partial charge is 0.410 e. The van der Waals surface area contributed by atoms with Gasteiger partial charge in [-0.15, -0.1) is 0 Å². The van der Waals surface area contributed by atoms with Crippen LogP contribution in [0.1, 0.15) is 56.2 Å². The number of amides is 2. The molecule has 1 aromatic rings. The fourth-order valence-electron chi connectivity index (χ4n) is 6.96. The van der Waals surface area contributed by atoms with Gasteiger partial charge >= 0.3 is 6.09 Å². The van der Waals surface area contributed by atoms with Crippen LogP contribution in [0, 0.1) is 40.4 Å². The Kier molecular flexibility index (Phi) is 5.11.